The van der Waals surface area contributed by atoms with Crippen LogP contribution in [0.1, 0.15) is 66.4 Å². The number of methoxy groups -OCH3 is 1. The maximum atomic E-state index is 14.0. The van der Waals surface area contributed by atoms with Gasteiger partial charge in [-0.15, -0.1) is 0 Å². The minimum Gasteiger partial charge on any atom is -0.508 e. The first-order valence-corrected chi connectivity index (χ1v) is 16.4. The molecule has 1 aliphatic carbocycles. The van der Waals surface area contributed by atoms with Crippen LogP contribution in [0.3, 0.4) is 0 Å². The molecule has 238 valence electrons. The molecule has 0 spiro atoms. The molecule has 9 heteroatoms. The van der Waals surface area contributed by atoms with Crippen molar-refractivity contribution in [2.45, 2.75) is 64.0 Å². The van der Waals surface area contributed by atoms with Crippen LogP contribution in [-0.4, -0.2) is 65.1 Å². The second-order valence-corrected chi connectivity index (χ2v) is 12.4. The molecule has 1 aromatic heterocycles. The molecule has 2 N–H and O–H groups in total. The van der Waals surface area contributed by atoms with Gasteiger partial charge in [0.05, 0.1) is 25.4 Å². The third kappa shape index (κ3) is 5.48. The Kier molecular flexibility index (Phi) is 8.15. The van der Waals surface area contributed by atoms with E-state index in [-0.39, 0.29) is 24.1 Å². The number of likely N-dealkylation sites (N-methyl/N-ethyl adjacent to an activating group) is 1. The predicted molar refractivity (Wildman–Crippen MR) is 178 cm³/mol. The van der Waals surface area contributed by atoms with E-state index in [1.165, 1.54) is 35.9 Å². The Hall–Kier alpha value is -4.79. The quantitative estimate of drug-likeness (QED) is 0.249. The highest BCUT2D eigenvalue weighted by atomic mass is 16.5. The van der Waals surface area contributed by atoms with Gasteiger partial charge in [0.1, 0.15) is 36.2 Å². The normalized spacial score (nSPS) is 17.1. The van der Waals surface area contributed by atoms with Crippen LogP contribution in [-0.2, 0) is 17.8 Å². The zero-order chi connectivity index (χ0) is 31.8. The number of hydrogen-bond acceptors (Lipinski definition) is 6. The molecule has 1 atom stereocenters. The summed E-state index contributed by atoms with van der Waals surface area (Å²) in [6, 6.07) is 18.5. The fourth-order valence-electron chi connectivity index (χ4n) is 7.44. The molecule has 3 aliphatic rings. The Bertz CT molecular complexity index is 1820. The van der Waals surface area contributed by atoms with Gasteiger partial charge in [0, 0.05) is 34.6 Å². The van der Waals surface area contributed by atoms with Crippen LogP contribution in [0.5, 0.6) is 17.2 Å². The van der Waals surface area contributed by atoms with Crippen molar-refractivity contribution in [2.75, 3.05) is 26.8 Å². The summed E-state index contributed by atoms with van der Waals surface area (Å²) in [6.45, 7) is 3.63. The van der Waals surface area contributed by atoms with E-state index in [2.05, 4.69) is 27.0 Å². The van der Waals surface area contributed by atoms with Crippen molar-refractivity contribution in [2.24, 2.45) is 4.99 Å². The van der Waals surface area contributed by atoms with Crippen molar-refractivity contribution in [3.8, 4) is 28.5 Å². The number of rotatable bonds is 8. The van der Waals surface area contributed by atoms with Crippen molar-refractivity contribution in [1.29, 1.82) is 0 Å². The fourth-order valence-corrected chi connectivity index (χ4v) is 7.44. The number of aromatic hydroxyl groups is 1. The molecular formula is C37H40N4O5. The average molecular weight is 621 g/mol. The topological polar surface area (TPSA) is 105 Å². The van der Waals surface area contributed by atoms with Gasteiger partial charge in [0.25, 0.3) is 5.91 Å². The number of phenols is 1. The van der Waals surface area contributed by atoms with E-state index < -0.39 is 6.04 Å². The number of nitrogens with zero attached hydrogens (tertiary/aromatic N) is 3. The molecule has 0 radical (unpaired) electrons. The third-order valence-electron chi connectivity index (χ3n) is 9.66. The molecule has 1 saturated carbocycles. The summed E-state index contributed by atoms with van der Waals surface area (Å²) in [6.07, 6.45) is 6.42. The Morgan fingerprint density at radius 1 is 1.09 bits per heavy atom. The van der Waals surface area contributed by atoms with Gasteiger partial charge in [-0.25, -0.2) is 0 Å². The van der Waals surface area contributed by atoms with E-state index >= 15 is 0 Å². The first-order chi connectivity index (χ1) is 22.4. The van der Waals surface area contributed by atoms with Gasteiger partial charge in [-0.05, 0) is 79.6 Å². The number of benzene rings is 3. The van der Waals surface area contributed by atoms with Gasteiger partial charge in [0.2, 0.25) is 5.91 Å². The summed E-state index contributed by atoms with van der Waals surface area (Å²) in [4.78, 5) is 32.8. The van der Waals surface area contributed by atoms with Gasteiger partial charge in [-0.1, -0.05) is 37.5 Å². The molecule has 7 rings (SSSR count). The Morgan fingerprint density at radius 3 is 2.65 bits per heavy atom. The van der Waals surface area contributed by atoms with Crippen molar-refractivity contribution in [1.82, 2.24) is 14.8 Å². The molecule has 1 fully saturated rings. The van der Waals surface area contributed by atoms with Crippen molar-refractivity contribution in [3.05, 3.63) is 77.4 Å². The maximum absolute atomic E-state index is 14.0. The molecule has 0 saturated heterocycles. The first kappa shape index (κ1) is 29.9. The lowest BCUT2D eigenvalue weighted by atomic mass is 9.81. The van der Waals surface area contributed by atoms with Gasteiger partial charge in [-0.3, -0.25) is 19.5 Å². The lowest BCUT2D eigenvalue weighted by Crippen LogP contribution is -2.49. The smallest absolute Gasteiger partial charge is 0.251 e. The van der Waals surface area contributed by atoms with Crippen LogP contribution in [0, 0.1) is 0 Å². The van der Waals surface area contributed by atoms with Crippen molar-refractivity contribution < 1.29 is 24.2 Å². The highest BCUT2D eigenvalue weighted by Crippen LogP contribution is 2.47. The predicted octanol–water partition coefficient (Wildman–Crippen LogP) is 6.06. The van der Waals surface area contributed by atoms with Crippen LogP contribution in [0.4, 0.5) is 0 Å². The van der Waals surface area contributed by atoms with Crippen LogP contribution in [0.2, 0.25) is 0 Å². The molecule has 3 heterocycles. The number of amidine groups is 1. The van der Waals surface area contributed by atoms with Gasteiger partial charge < -0.3 is 24.5 Å². The highest BCUT2D eigenvalue weighted by Gasteiger charge is 2.33. The third-order valence-corrected chi connectivity index (χ3v) is 9.66. The number of amides is 2. The SMILES string of the molecule is CCN1C(=O)CN=C1[C@H](Cc1ccc(O)cc1)NC(=O)c1ccc2c(C3CCCCC3)c3n(c2c1)CCOc1cc(OC)ccc1-3. The van der Waals surface area contributed by atoms with Crippen LogP contribution in [0.15, 0.2) is 65.7 Å². The van der Waals surface area contributed by atoms with E-state index in [1.54, 1.807) is 24.1 Å². The zero-order valence-electron chi connectivity index (χ0n) is 26.4. The first-order valence-electron chi connectivity index (χ1n) is 16.4. The molecule has 2 amide bonds. The number of carbonyl (C=O) groups is 2. The average Bonchev–Trinajstić information content (AvgIpc) is 3.55. The van der Waals surface area contributed by atoms with Crippen LogP contribution < -0.4 is 14.8 Å². The number of aliphatic imine (C=N–C) groups is 1. The number of carbonyl (C=O) groups excluding carboxylic acids is 2. The molecule has 4 aromatic rings. The van der Waals surface area contributed by atoms with E-state index in [9.17, 15) is 14.7 Å². The second-order valence-electron chi connectivity index (χ2n) is 12.4. The minimum absolute atomic E-state index is 0.0740. The highest BCUT2D eigenvalue weighted by molar-refractivity contribution is 6.09. The van der Waals surface area contributed by atoms with Crippen molar-refractivity contribution in [3.63, 3.8) is 0 Å². The lowest BCUT2D eigenvalue weighted by Gasteiger charge is -2.25. The van der Waals surface area contributed by atoms with Crippen LogP contribution in [0.25, 0.3) is 22.2 Å². The van der Waals surface area contributed by atoms with E-state index in [0.717, 1.165) is 41.0 Å². The maximum Gasteiger partial charge on any atom is 0.251 e. The summed E-state index contributed by atoms with van der Waals surface area (Å²) in [5, 5.41) is 14.2. The van der Waals surface area contributed by atoms with E-state index in [1.807, 2.05) is 43.3 Å². The summed E-state index contributed by atoms with van der Waals surface area (Å²) in [7, 11) is 1.67. The zero-order valence-corrected chi connectivity index (χ0v) is 26.4. The number of hydrogen-bond donors (Lipinski definition) is 2. The van der Waals surface area contributed by atoms with Crippen molar-refractivity contribution >= 4 is 28.6 Å². The molecule has 3 aromatic carbocycles. The second kappa shape index (κ2) is 12.5. The van der Waals surface area contributed by atoms with Gasteiger partial charge in [-0.2, -0.15) is 0 Å². The monoisotopic (exact) mass is 620 g/mol. The summed E-state index contributed by atoms with van der Waals surface area (Å²) >= 11 is 0. The number of nitrogens with one attached hydrogen (secondary N) is 1. The lowest BCUT2D eigenvalue weighted by molar-refractivity contribution is -0.124. The molecule has 46 heavy (non-hydrogen) atoms. The number of phenolic OH excluding ortho intramolecular Hbond substituents is 1. The van der Waals surface area contributed by atoms with Gasteiger partial charge in [0.15, 0.2) is 0 Å². The Morgan fingerprint density at radius 2 is 1.89 bits per heavy atom. The Labute approximate surface area is 268 Å². The molecular weight excluding hydrogens is 580 g/mol. The van der Waals surface area contributed by atoms with Gasteiger partial charge >= 0.3 is 0 Å². The largest absolute Gasteiger partial charge is 0.508 e. The molecule has 0 bridgehead atoms. The molecule has 0 unspecified atom stereocenters. The number of ether oxygens (including phenoxy) is 2. The fraction of sp³-hybridized carbons (Fsp3) is 0.378. The summed E-state index contributed by atoms with van der Waals surface area (Å²) in [5.41, 5.74) is 6.07. The standard InChI is InChI=1S/C37H40N4O5/c1-3-40-33(43)22-38-36(40)30(19-23-9-12-26(42)13-10-23)39-37(44)25-11-15-28-31(20-25)41-17-18-46-32-21-27(45-2)14-16-29(32)35(41)34(28)24-7-5-4-6-8-24/h9-16,20-21,24,30,42H,3-8,17-19,22H2,1-2H3,(H,39,44)/t30-/m0/s1. The van der Waals surface area contributed by atoms with E-state index in [4.69, 9.17) is 9.47 Å². The number of fused-ring (bicyclic) bond motifs is 5. The summed E-state index contributed by atoms with van der Waals surface area (Å²) < 4.78 is 14.1. The molecule has 2 aliphatic heterocycles. The summed E-state index contributed by atoms with van der Waals surface area (Å²) in [5.74, 6) is 2.46. The van der Waals surface area contributed by atoms with E-state index in [0.29, 0.717) is 43.4 Å². The minimum atomic E-state index is -0.517. The Balaban J connectivity index is 1.29. The molecule has 9 nitrogen and oxygen atoms in total. The van der Waals surface area contributed by atoms with Crippen LogP contribution >= 0.6 is 0 Å². The number of aromatic nitrogens is 1.